The van der Waals surface area contributed by atoms with Gasteiger partial charge in [-0.3, -0.25) is 9.52 Å². The number of amides is 1. The van der Waals surface area contributed by atoms with Gasteiger partial charge in [0, 0.05) is 11.4 Å². The normalized spacial score (nSPS) is 20.2. The summed E-state index contributed by atoms with van der Waals surface area (Å²) in [7, 11) is -3.30. The van der Waals surface area contributed by atoms with Crippen LogP contribution >= 0.6 is 0 Å². The SMILES string of the molecule is CS(=O)(=O)Nc1ccc(N2CC(O)CC2=O)cc1. The number of sulfonamides is 1. The predicted molar refractivity (Wildman–Crippen MR) is 67.9 cm³/mol. The van der Waals surface area contributed by atoms with Crippen LogP contribution in [0.3, 0.4) is 0 Å². The summed E-state index contributed by atoms with van der Waals surface area (Å²) in [6.07, 6.45) is 0.566. The maximum absolute atomic E-state index is 11.6. The number of aliphatic hydroxyl groups excluding tert-OH is 1. The van der Waals surface area contributed by atoms with Crippen molar-refractivity contribution in [2.75, 3.05) is 22.4 Å². The number of benzene rings is 1. The number of nitrogens with one attached hydrogen (secondary N) is 1. The molecule has 18 heavy (non-hydrogen) atoms. The maximum Gasteiger partial charge on any atom is 0.229 e. The molecule has 7 heteroatoms. The van der Waals surface area contributed by atoms with Crippen molar-refractivity contribution in [1.82, 2.24) is 0 Å². The number of rotatable bonds is 3. The first-order valence-corrected chi connectivity index (χ1v) is 7.30. The third-order valence-electron chi connectivity index (χ3n) is 2.59. The van der Waals surface area contributed by atoms with Gasteiger partial charge in [0.15, 0.2) is 0 Å². The summed E-state index contributed by atoms with van der Waals surface area (Å²) in [5.41, 5.74) is 1.09. The van der Waals surface area contributed by atoms with Gasteiger partial charge in [0.05, 0.1) is 25.3 Å². The second kappa shape index (κ2) is 4.58. The first-order valence-electron chi connectivity index (χ1n) is 5.41. The molecule has 1 unspecified atom stereocenters. The minimum atomic E-state index is -3.30. The monoisotopic (exact) mass is 270 g/mol. The number of aliphatic hydroxyl groups is 1. The molecular weight excluding hydrogens is 256 g/mol. The van der Waals surface area contributed by atoms with Gasteiger partial charge < -0.3 is 10.0 Å². The summed E-state index contributed by atoms with van der Waals surface area (Å²) < 4.78 is 24.4. The zero-order valence-electron chi connectivity index (χ0n) is 9.83. The van der Waals surface area contributed by atoms with Gasteiger partial charge in [-0.15, -0.1) is 0 Å². The molecule has 1 aliphatic rings. The van der Waals surface area contributed by atoms with E-state index in [1.807, 2.05) is 0 Å². The molecule has 1 heterocycles. The number of nitrogens with zero attached hydrogens (tertiary/aromatic N) is 1. The van der Waals surface area contributed by atoms with E-state index in [0.29, 0.717) is 11.4 Å². The minimum absolute atomic E-state index is 0.128. The van der Waals surface area contributed by atoms with E-state index in [4.69, 9.17) is 0 Å². The van der Waals surface area contributed by atoms with Crippen molar-refractivity contribution >= 4 is 27.3 Å². The number of β-amino-alcohol motifs (C(OH)–C–C–N with tert-alkyl or cyclic N) is 1. The van der Waals surface area contributed by atoms with E-state index < -0.39 is 16.1 Å². The third-order valence-corrected chi connectivity index (χ3v) is 3.19. The standard InChI is InChI=1S/C11H14N2O4S/c1-18(16,17)12-8-2-4-9(5-3-8)13-7-10(14)6-11(13)15/h2-5,10,12,14H,6-7H2,1H3. The van der Waals surface area contributed by atoms with Gasteiger partial charge in [-0.25, -0.2) is 8.42 Å². The Kier molecular flexibility index (Phi) is 3.27. The summed E-state index contributed by atoms with van der Waals surface area (Å²) in [6.45, 7) is 0.275. The highest BCUT2D eigenvalue weighted by molar-refractivity contribution is 7.92. The summed E-state index contributed by atoms with van der Waals surface area (Å²) in [5, 5.41) is 9.38. The molecule has 98 valence electrons. The van der Waals surface area contributed by atoms with Crippen molar-refractivity contribution in [3.8, 4) is 0 Å². The number of carbonyl (C=O) groups excluding carboxylic acids is 1. The molecule has 1 fully saturated rings. The maximum atomic E-state index is 11.6. The third kappa shape index (κ3) is 2.99. The number of hydrogen-bond acceptors (Lipinski definition) is 4. The van der Waals surface area contributed by atoms with Crippen LogP contribution in [-0.2, 0) is 14.8 Å². The van der Waals surface area contributed by atoms with Crippen molar-refractivity contribution in [3.63, 3.8) is 0 Å². The molecule has 1 aromatic rings. The molecule has 2 N–H and O–H groups in total. The summed E-state index contributed by atoms with van der Waals surface area (Å²) in [6, 6.07) is 6.44. The minimum Gasteiger partial charge on any atom is -0.391 e. The molecule has 1 aliphatic heterocycles. The van der Waals surface area contributed by atoms with E-state index >= 15 is 0 Å². The molecule has 0 bridgehead atoms. The lowest BCUT2D eigenvalue weighted by Crippen LogP contribution is -2.25. The Hall–Kier alpha value is -1.60. The van der Waals surface area contributed by atoms with Crippen LogP contribution in [0.25, 0.3) is 0 Å². The van der Waals surface area contributed by atoms with Crippen molar-refractivity contribution < 1.29 is 18.3 Å². The van der Waals surface area contributed by atoms with Gasteiger partial charge in [0.1, 0.15) is 0 Å². The molecule has 0 aromatic heterocycles. The molecule has 2 rings (SSSR count). The van der Waals surface area contributed by atoms with Crippen molar-refractivity contribution in [1.29, 1.82) is 0 Å². The lowest BCUT2D eigenvalue weighted by Gasteiger charge is -2.16. The zero-order chi connectivity index (χ0) is 13.3. The Morgan fingerprint density at radius 2 is 1.94 bits per heavy atom. The van der Waals surface area contributed by atoms with E-state index in [2.05, 4.69) is 4.72 Å². The van der Waals surface area contributed by atoms with Gasteiger partial charge in [-0.05, 0) is 24.3 Å². The van der Waals surface area contributed by atoms with Gasteiger partial charge in [-0.1, -0.05) is 0 Å². The Balaban J connectivity index is 2.15. The molecule has 0 radical (unpaired) electrons. The topological polar surface area (TPSA) is 86.7 Å². The summed E-state index contributed by atoms with van der Waals surface area (Å²) >= 11 is 0. The van der Waals surface area contributed by atoms with E-state index in [1.54, 1.807) is 24.3 Å². The van der Waals surface area contributed by atoms with Crippen LogP contribution < -0.4 is 9.62 Å². The van der Waals surface area contributed by atoms with Crippen LogP contribution in [-0.4, -0.2) is 38.3 Å². The average Bonchev–Trinajstić information content (AvgIpc) is 2.57. The fourth-order valence-electron chi connectivity index (χ4n) is 1.86. The fourth-order valence-corrected chi connectivity index (χ4v) is 2.43. The Labute approximate surface area is 105 Å². The molecular formula is C11H14N2O4S. The Morgan fingerprint density at radius 3 is 2.39 bits per heavy atom. The number of hydrogen-bond donors (Lipinski definition) is 2. The highest BCUT2D eigenvalue weighted by Gasteiger charge is 2.28. The zero-order valence-corrected chi connectivity index (χ0v) is 10.6. The Bertz CT molecular complexity index is 553. The van der Waals surface area contributed by atoms with Crippen molar-refractivity contribution in [2.45, 2.75) is 12.5 Å². The lowest BCUT2D eigenvalue weighted by molar-refractivity contribution is -0.117. The van der Waals surface area contributed by atoms with E-state index in [9.17, 15) is 18.3 Å². The van der Waals surface area contributed by atoms with E-state index in [-0.39, 0.29) is 18.9 Å². The van der Waals surface area contributed by atoms with Crippen LogP contribution in [0.5, 0.6) is 0 Å². The molecule has 1 aromatic carbocycles. The average molecular weight is 270 g/mol. The predicted octanol–water partition coefficient (Wildman–Crippen LogP) is 0.156. The second-order valence-electron chi connectivity index (χ2n) is 4.28. The number of carbonyl (C=O) groups is 1. The van der Waals surface area contributed by atoms with Crippen molar-refractivity contribution in [2.24, 2.45) is 0 Å². The van der Waals surface area contributed by atoms with Crippen molar-refractivity contribution in [3.05, 3.63) is 24.3 Å². The molecule has 1 atom stereocenters. The molecule has 1 saturated heterocycles. The number of anilines is 2. The summed E-state index contributed by atoms with van der Waals surface area (Å²) in [4.78, 5) is 13.0. The fraction of sp³-hybridized carbons (Fsp3) is 0.364. The highest BCUT2D eigenvalue weighted by Crippen LogP contribution is 2.23. The smallest absolute Gasteiger partial charge is 0.229 e. The van der Waals surface area contributed by atoms with Crippen LogP contribution in [0.1, 0.15) is 6.42 Å². The molecule has 0 spiro atoms. The quantitative estimate of drug-likeness (QED) is 0.819. The van der Waals surface area contributed by atoms with E-state index in [0.717, 1.165) is 6.26 Å². The second-order valence-corrected chi connectivity index (χ2v) is 6.03. The largest absolute Gasteiger partial charge is 0.391 e. The molecule has 1 amide bonds. The van der Waals surface area contributed by atoms with Gasteiger partial charge in [-0.2, -0.15) is 0 Å². The highest BCUT2D eigenvalue weighted by atomic mass is 32.2. The first kappa shape index (κ1) is 12.8. The molecule has 6 nitrogen and oxygen atoms in total. The van der Waals surface area contributed by atoms with E-state index in [1.165, 1.54) is 4.90 Å². The summed E-state index contributed by atoms with van der Waals surface area (Å²) in [5.74, 6) is -0.133. The van der Waals surface area contributed by atoms with Crippen LogP contribution in [0, 0.1) is 0 Å². The van der Waals surface area contributed by atoms with Gasteiger partial charge in [0.25, 0.3) is 0 Å². The van der Waals surface area contributed by atoms with Gasteiger partial charge >= 0.3 is 0 Å². The van der Waals surface area contributed by atoms with Crippen LogP contribution in [0.15, 0.2) is 24.3 Å². The first-order chi connectivity index (χ1) is 8.35. The molecule has 0 saturated carbocycles. The lowest BCUT2D eigenvalue weighted by atomic mass is 10.2. The Morgan fingerprint density at radius 1 is 1.33 bits per heavy atom. The van der Waals surface area contributed by atoms with Crippen LogP contribution in [0.4, 0.5) is 11.4 Å². The van der Waals surface area contributed by atoms with Gasteiger partial charge in [0.2, 0.25) is 15.9 Å². The van der Waals surface area contributed by atoms with Crippen LogP contribution in [0.2, 0.25) is 0 Å². The molecule has 0 aliphatic carbocycles.